The lowest BCUT2D eigenvalue weighted by atomic mass is 10.2. The number of benzene rings is 1. The molecule has 15 heavy (non-hydrogen) atoms. The molecule has 0 saturated heterocycles. The van der Waals surface area contributed by atoms with E-state index in [4.69, 9.17) is 15.7 Å². The Morgan fingerprint density at radius 2 is 2.20 bits per heavy atom. The van der Waals surface area contributed by atoms with Crippen LogP contribution < -0.4 is 10.5 Å². The number of esters is 1. The summed E-state index contributed by atoms with van der Waals surface area (Å²) >= 11 is 0. The summed E-state index contributed by atoms with van der Waals surface area (Å²) in [5.41, 5.74) is 5.47. The molecule has 5 heteroatoms. The van der Waals surface area contributed by atoms with Crippen molar-refractivity contribution >= 4 is 5.97 Å². The Kier molecular flexibility index (Phi) is 4.13. The summed E-state index contributed by atoms with van der Waals surface area (Å²) in [5, 5.41) is 8.26. The number of rotatable bonds is 4. The maximum Gasteiger partial charge on any atom is 0.342 e. The van der Waals surface area contributed by atoms with E-state index in [0.717, 1.165) is 0 Å². The normalized spacial score (nSPS) is 9.07. The first-order valence-electron chi connectivity index (χ1n) is 4.25. The van der Waals surface area contributed by atoms with Crippen molar-refractivity contribution in [2.75, 3.05) is 13.3 Å². The molecule has 1 rings (SSSR count). The third kappa shape index (κ3) is 2.97. The minimum absolute atomic E-state index is 0.0253. The molecule has 0 bridgehead atoms. The lowest BCUT2D eigenvalue weighted by Crippen LogP contribution is -2.12. The van der Waals surface area contributed by atoms with Gasteiger partial charge in [-0.25, -0.2) is 4.79 Å². The van der Waals surface area contributed by atoms with Gasteiger partial charge in [-0.1, -0.05) is 12.1 Å². The second-order valence-electron chi connectivity index (χ2n) is 2.54. The first kappa shape index (κ1) is 11.0. The van der Waals surface area contributed by atoms with Crippen molar-refractivity contribution in [3.05, 3.63) is 29.8 Å². The molecule has 0 fully saturated rings. The van der Waals surface area contributed by atoms with Crippen molar-refractivity contribution in [3.8, 4) is 11.8 Å². The second-order valence-corrected chi connectivity index (χ2v) is 2.54. The molecule has 1 aromatic carbocycles. The zero-order valence-corrected chi connectivity index (χ0v) is 7.97. The highest BCUT2D eigenvalue weighted by molar-refractivity contribution is 5.92. The van der Waals surface area contributed by atoms with Gasteiger partial charge in [0.05, 0.1) is 0 Å². The van der Waals surface area contributed by atoms with E-state index in [0.29, 0.717) is 5.75 Å². The minimum Gasteiger partial charge on any atom is -0.478 e. The van der Waals surface area contributed by atoms with Gasteiger partial charge in [0.1, 0.15) is 24.1 Å². The Morgan fingerprint density at radius 3 is 2.87 bits per heavy atom. The molecular formula is C10H10N2O3. The topological polar surface area (TPSA) is 85.3 Å². The summed E-state index contributed by atoms with van der Waals surface area (Å²) < 4.78 is 9.68. The highest BCUT2D eigenvalue weighted by Gasteiger charge is 2.12. The molecule has 78 valence electrons. The molecule has 1 aromatic rings. The smallest absolute Gasteiger partial charge is 0.342 e. The van der Waals surface area contributed by atoms with E-state index in [-0.39, 0.29) is 18.9 Å². The number of carbonyl (C=O) groups is 1. The average molecular weight is 206 g/mol. The van der Waals surface area contributed by atoms with E-state index in [1.165, 1.54) is 0 Å². The predicted octanol–water partition coefficient (Wildman–Crippen LogP) is 0.662. The molecule has 0 aliphatic carbocycles. The summed E-state index contributed by atoms with van der Waals surface area (Å²) in [6.45, 7) is -0.307. The van der Waals surface area contributed by atoms with Crippen molar-refractivity contribution in [2.24, 2.45) is 5.73 Å². The average Bonchev–Trinajstić information content (AvgIpc) is 2.27. The summed E-state index contributed by atoms with van der Waals surface area (Å²) in [4.78, 5) is 11.4. The van der Waals surface area contributed by atoms with Crippen molar-refractivity contribution in [3.63, 3.8) is 0 Å². The molecule has 2 N–H and O–H groups in total. The standard InChI is InChI=1S/C10H10N2O3/c11-5-6-14-10(13)8-3-1-2-4-9(8)15-7-12/h1-4H,6-7,12H2. The Morgan fingerprint density at radius 1 is 1.47 bits per heavy atom. The van der Waals surface area contributed by atoms with E-state index in [9.17, 15) is 4.79 Å². The number of nitrogens with two attached hydrogens (primary N) is 1. The van der Waals surface area contributed by atoms with E-state index in [1.807, 2.05) is 0 Å². The molecule has 0 aliphatic rings. The molecule has 0 aromatic heterocycles. The van der Waals surface area contributed by atoms with Gasteiger partial charge in [-0.3, -0.25) is 5.73 Å². The Hall–Kier alpha value is -2.06. The van der Waals surface area contributed by atoms with Crippen LogP contribution in [-0.4, -0.2) is 19.3 Å². The van der Waals surface area contributed by atoms with Gasteiger partial charge in [-0.2, -0.15) is 5.26 Å². The molecule has 0 heterocycles. The molecule has 0 spiro atoms. The van der Waals surface area contributed by atoms with Crippen molar-refractivity contribution < 1.29 is 14.3 Å². The third-order valence-electron chi connectivity index (χ3n) is 1.61. The number of carbonyl (C=O) groups excluding carboxylic acids is 1. The van der Waals surface area contributed by atoms with E-state index in [2.05, 4.69) is 4.74 Å². The lowest BCUT2D eigenvalue weighted by Gasteiger charge is -2.07. The quantitative estimate of drug-likeness (QED) is 0.577. The first-order chi connectivity index (χ1) is 7.29. The maximum atomic E-state index is 11.4. The summed E-state index contributed by atoms with van der Waals surface area (Å²) in [6.07, 6.45) is 0. The number of hydrogen-bond donors (Lipinski definition) is 1. The number of hydrogen-bond acceptors (Lipinski definition) is 5. The van der Waals surface area contributed by atoms with Crippen LogP contribution in [-0.2, 0) is 4.74 Å². The Bertz CT molecular complexity index is 384. The third-order valence-corrected chi connectivity index (χ3v) is 1.61. The van der Waals surface area contributed by atoms with Gasteiger partial charge in [0.15, 0.2) is 6.61 Å². The van der Waals surface area contributed by atoms with Crippen molar-refractivity contribution in [1.29, 1.82) is 5.26 Å². The second kappa shape index (κ2) is 5.62. The molecular weight excluding hydrogens is 196 g/mol. The molecule has 0 amide bonds. The molecule has 0 aliphatic heterocycles. The van der Waals surface area contributed by atoms with Gasteiger partial charge in [-0.15, -0.1) is 0 Å². The number of para-hydroxylation sites is 1. The molecule has 0 saturated carbocycles. The van der Waals surface area contributed by atoms with E-state index >= 15 is 0 Å². The van der Waals surface area contributed by atoms with Crippen LogP contribution in [0.1, 0.15) is 10.4 Å². The van der Waals surface area contributed by atoms with Crippen LogP contribution in [0.2, 0.25) is 0 Å². The van der Waals surface area contributed by atoms with Gasteiger partial charge in [-0.05, 0) is 12.1 Å². The molecule has 0 atom stereocenters. The van der Waals surface area contributed by atoms with Crippen LogP contribution in [0.25, 0.3) is 0 Å². The van der Waals surface area contributed by atoms with Crippen molar-refractivity contribution in [1.82, 2.24) is 0 Å². The Labute approximate surface area is 87.0 Å². The highest BCUT2D eigenvalue weighted by Crippen LogP contribution is 2.18. The number of nitriles is 1. The predicted molar refractivity (Wildman–Crippen MR) is 52.0 cm³/mol. The summed E-state index contributed by atoms with van der Waals surface area (Å²) in [7, 11) is 0. The monoisotopic (exact) mass is 206 g/mol. The first-order valence-corrected chi connectivity index (χ1v) is 4.25. The summed E-state index contributed by atoms with van der Waals surface area (Å²) in [5.74, 6) is -0.247. The molecule has 0 radical (unpaired) electrons. The van der Waals surface area contributed by atoms with Crippen molar-refractivity contribution in [2.45, 2.75) is 0 Å². The minimum atomic E-state index is -0.597. The van der Waals surface area contributed by atoms with Crippen LogP contribution in [0.5, 0.6) is 5.75 Å². The van der Waals surface area contributed by atoms with Crippen LogP contribution >= 0.6 is 0 Å². The SMILES string of the molecule is N#CCOC(=O)c1ccccc1OCN. The number of nitrogens with zero attached hydrogens (tertiary/aromatic N) is 1. The van der Waals surface area contributed by atoms with Crippen LogP contribution in [0, 0.1) is 11.3 Å². The number of ether oxygens (including phenoxy) is 2. The maximum absolute atomic E-state index is 11.4. The summed E-state index contributed by atoms with van der Waals surface area (Å²) in [6, 6.07) is 8.25. The van der Waals surface area contributed by atoms with Gasteiger partial charge >= 0.3 is 5.97 Å². The van der Waals surface area contributed by atoms with E-state index in [1.54, 1.807) is 30.3 Å². The van der Waals surface area contributed by atoms with Crippen LogP contribution in [0.3, 0.4) is 0 Å². The lowest BCUT2D eigenvalue weighted by molar-refractivity contribution is 0.0550. The molecule has 5 nitrogen and oxygen atoms in total. The zero-order valence-electron chi connectivity index (χ0n) is 7.97. The largest absolute Gasteiger partial charge is 0.478 e. The van der Waals surface area contributed by atoms with Gasteiger partial charge in [0, 0.05) is 0 Å². The fourth-order valence-electron chi connectivity index (χ4n) is 1.03. The van der Waals surface area contributed by atoms with Crippen LogP contribution in [0.15, 0.2) is 24.3 Å². The fourth-order valence-corrected chi connectivity index (χ4v) is 1.03. The van der Waals surface area contributed by atoms with Gasteiger partial charge < -0.3 is 9.47 Å². The fraction of sp³-hybridized carbons (Fsp3) is 0.200. The molecule has 0 unspecified atom stereocenters. The van der Waals surface area contributed by atoms with E-state index < -0.39 is 5.97 Å². The van der Waals surface area contributed by atoms with Gasteiger partial charge in [0.2, 0.25) is 0 Å². The highest BCUT2D eigenvalue weighted by atomic mass is 16.5. The zero-order chi connectivity index (χ0) is 11.1. The van der Waals surface area contributed by atoms with Crippen LogP contribution in [0.4, 0.5) is 0 Å². The van der Waals surface area contributed by atoms with Gasteiger partial charge in [0.25, 0.3) is 0 Å². The Balaban J connectivity index is 2.83.